The average molecular weight is 396 g/mol. The van der Waals surface area contributed by atoms with Crippen molar-refractivity contribution in [2.24, 2.45) is 14.1 Å². The minimum absolute atomic E-state index is 0.880. The highest BCUT2D eigenvalue weighted by Gasteiger charge is 2.03. The molecule has 0 aliphatic heterocycles. The predicted octanol–water partition coefficient (Wildman–Crippen LogP) is 4.89. The van der Waals surface area contributed by atoms with Gasteiger partial charge in [-0.25, -0.2) is 9.97 Å². The largest absolute Gasteiger partial charge is 0.373 e. The first kappa shape index (κ1) is 19.4. The number of nitrogens with one attached hydrogen (secondary N) is 1. The van der Waals surface area contributed by atoms with Crippen molar-refractivity contribution in [3.8, 4) is 11.1 Å². The SMILES string of the molecule is C=Cc1ccc2c(c1)ncn2C.CNc1cc2cc(-c3cnn(C)c3)ccc2cn1. The van der Waals surface area contributed by atoms with Crippen LogP contribution in [-0.2, 0) is 14.1 Å². The number of imidazole rings is 1. The zero-order chi connectivity index (χ0) is 21.1. The first-order chi connectivity index (χ1) is 14.6. The summed E-state index contributed by atoms with van der Waals surface area (Å²) in [6, 6.07) is 14.5. The van der Waals surface area contributed by atoms with Crippen LogP contribution in [0.4, 0.5) is 5.82 Å². The summed E-state index contributed by atoms with van der Waals surface area (Å²) in [5, 5.41) is 9.57. The molecule has 0 atom stereocenters. The second kappa shape index (κ2) is 8.21. The normalized spacial score (nSPS) is 10.6. The van der Waals surface area contributed by atoms with Gasteiger partial charge in [0.25, 0.3) is 0 Å². The van der Waals surface area contributed by atoms with Crippen LogP contribution in [0.15, 0.2) is 74.0 Å². The second-order valence-electron chi connectivity index (χ2n) is 7.09. The minimum atomic E-state index is 0.880. The molecule has 0 aliphatic rings. The van der Waals surface area contributed by atoms with Gasteiger partial charge in [-0.2, -0.15) is 5.10 Å². The molecule has 30 heavy (non-hydrogen) atoms. The van der Waals surface area contributed by atoms with Gasteiger partial charge < -0.3 is 9.88 Å². The van der Waals surface area contributed by atoms with Crippen LogP contribution in [0.5, 0.6) is 0 Å². The number of hydrogen-bond acceptors (Lipinski definition) is 4. The van der Waals surface area contributed by atoms with Crippen molar-refractivity contribution in [1.82, 2.24) is 24.3 Å². The van der Waals surface area contributed by atoms with Crippen LogP contribution >= 0.6 is 0 Å². The molecule has 3 heterocycles. The van der Waals surface area contributed by atoms with E-state index >= 15 is 0 Å². The van der Waals surface area contributed by atoms with Gasteiger partial charge in [0.1, 0.15) is 5.82 Å². The Morgan fingerprint density at radius 2 is 1.80 bits per heavy atom. The van der Waals surface area contributed by atoms with Crippen LogP contribution in [0.2, 0.25) is 0 Å². The quantitative estimate of drug-likeness (QED) is 0.471. The molecule has 0 spiro atoms. The zero-order valence-electron chi connectivity index (χ0n) is 17.4. The Labute approximate surface area is 175 Å². The van der Waals surface area contributed by atoms with E-state index in [1.807, 2.05) is 73.5 Å². The van der Waals surface area contributed by atoms with Gasteiger partial charge >= 0.3 is 0 Å². The highest BCUT2D eigenvalue weighted by Crippen LogP contribution is 2.24. The highest BCUT2D eigenvalue weighted by molar-refractivity contribution is 5.88. The van der Waals surface area contributed by atoms with E-state index in [4.69, 9.17) is 0 Å². The summed E-state index contributed by atoms with van der Waals surface area (Å²) < 4.78 is 3.81. The van der Waals surface area contributed by atoms with Gasteiger partial charge in [0.05, 0.1) is 23.6 Å². The van der Waals surface area contributed by atoms with Crippen LogP contribution < -0.4 is 5.32 Å². The number of rotatable bonds is 3. The number of fused-ring (bicyclic) bond motifs is 2. The van der Waals surface area contributed by atoms with Gasteiger partial charge in [-0.05, 0) is 40.8 Å². The predicted molar refractivity (Wildman–Crippen MR) is 124 cm³/mol. The van der Waals surface area contributed by atoms with Crippen LogP contribution in [0.3, 0.4) is 0 Å². The third kappa shape index (κ3) is 3.93. The van der Waals surface area contributed by atoms with E-state index in [1.165, 1.54) is 10.9 Å². The van der Waals surface area contributed by atoms with Crippen LogP contribution in [-0.4, -0.2) is 31.4 Å². The van der Waals surface area contributed by atoms with Crippen molar-refractivity contribution in [2.45, 2.75) is 0 Å². The molecule has 0 radical (unpaired) electrons. The number of nitrogens with zero attached hydrogens (tertiary/aromatic N) is 5. The summed E-state index contributed by atoms with van der Waals surface area (Å²) in [5.74, 6) is 0.880. The van der Waals surface area contributed by atoms with E-state index in [0.717, 1.165) is 33.4 Å². The number of anilines is 1. The number of pyridine rings is 1. The molecule has 2 aromatic carbocycles. The molecule has 6 nitrogen and oxygen atoms in total. The summed E-state index contributed by atoms with van der Waals surface area (Å²) in [4.78, 5) is 8.55. The molecule has 0 unspecified atom stereocenters. The first-order valence-corrected chi connectivity index (χ1v) is 9.67. The van der Waals surface area contributed by atoms with Gasteiger partial charge in [0.15, 0.2) is 0 Å². The van der Waals surface area contributed by atoms with Crippen molar-refractivity contribution in [2.75, 3.05) is 12.4 Å². The summed E-state index contributed by atoms with van der Waals surface area (Å²) in [6.07, 6.45) is 9.42. The molecule has 0 saturated carbocycles. The van der Waals surface area contributed by atoms with Crippen LogP contribution in [0.1, 0.15) is 5.56 Å². The third-order valence-electron chi connectivity index (χ3n) is 5.00. The van der Waals surface area contributed by atoms with E-state index in [2.05, 4.69) is 57.3 Å². The maximum absolute atomic E-state index is 4.30. The van der Waals surface area contributed by atoms with E-state index < -0.39 is 0 Å². The molecule has 0 saturated heterocycles. The maximum Gasteiger partial charge on any atom is 0.126 e. The molecular formula is C24H24N6. The average Bonchev–Trinajstić information content (AvgIpc) is 3.38. The summed E-state index contributed by atoms with van der Waals surface area (Å²) in [7, 11) is 5.79. The molecule has 5 rings (SSSR count). The third-order valence-corrected chi connectivity index (χ3v) is 5.00. The fourth-order valence-electron chi connectivity index (χ4n) is 3.31. The van der Waals surface area contributed by atoms with Crippen molar-refractivity contribution in [1.29, 1.82) is 0 Å². The fraction of sp³-hybridized carbons (Fsp3) is 0.125. The minimum Gasteiger partial charge on any atom is -0.373 e. The zero-order valence-corrected chi connectivity index (χ0v) is 17.4. The molecule has 0 bridgehead atoms. The van der Waals surface area contributed by atoms with Crippen LogP contribution in [0.25, 0.3) is 39.0 Å². The lowest BCUT2D eigenvalue weighted by Gasteiger charge is -2.04. The Bertz CT molecular complexity index is 1330. The van der Waals surface area contributed by atoms with Crippen molar-refractivity contribution < 1.29 is 0 Å². The molecule has 6 heteroatoms. The topological polar surface area (TPSA) is 60.6 Å². The summed E-state index contributed by atoms with van der Waals surface area (Å²) >= 11 is 0. The van der Waals surface area contributed by atoms with Gasteiger partial charge in [-0.1, -0.05) is 30.9 Å². The Morgan fingerprint density at radius 3 is 2.53 bits per heavy atom. The van der Waals surface area contributed by atoms with Gasteiger partial charge in [0, 0.05) is 44.5 Å². The molecule has 5 aromatic rings. The molecule has 1 N–H and O–H groups in total. The van der Waals surface area contributed by atoms with Crippen molar-refractivity contribution in [3.63, 3.8) is 0 Å². The Balaban J connectivity index is 0.000000158. The monoisotopic (exact) mass is 396 g/mol. The lowest BCUT2D eigenvalue weighted by atomic mass is 10.1. The molecule has 150 valence electrons. The molecular weight excluding hydrogens is 372 g/mol. The Hall–Kier alpha value is -3.93. The van der Waals surface area contributed by atoms with Gasteiger partial charge in [0.2, 0.25) is 0 Å². The summed E-state index contributed by atoms with van der Waals surface area (Å²) in [6.45, 7) is 3.71. The molecule has 3 aromatic heterocycles. The van der Waals surface area contributed by atoms with Crippen molar-refractivity contribution in [3.05, 3.63) is 79.5 Å². The van der Waals surface area contributed by atoms with Crippen LogP contribution in [0, 0.1) is 0 Å². The molecule has 0 amide bonds. The first-order valence-electron chi connectivity index (χ1n) is 9.67. The van der Waals surface area contributed by atoms with E-state index in [9.17, 15) is 0 Å². The number of benzene rings is 2. The summed E-state index contributed by atoms with van der Waals surface area (Å²) in [5.41, 5.74) is 5.59. The lowest BCUT2D eigenvalue weighted by molar-refractivity contribution is 0.768. The lowest BCUT2D eigenvalue weighted by Crippen LogP contribution is -1.91. The molecule has 0 fully saturated rings. The maximum atomic E-state index is 4.30. The van der Waals surface area contributed by atoms with Crippen molar-refractivity contribution >= 4 is 33.7 Å². The van der Waals surface area contributed by atoms with Gasteiger partial charge in [-0.3, -0.25) is 4.68 Å². The highest BCUT2D eigenvalue weighted by atomic mass is 15.2. The number of aromatic nitrogens is 5. The Morgan fingerprint density at radius 1 is 0.933 bits per heavy atom. The fourth-order valence-corrected chi connectivity index (χ4v) is 3.31. The number of aryl methyl sites for hydroxylation is 2. The second-order valence-corrected chi connectivity index (χ2v) is 7.09. The standard InChI is InChI=1S/C14H14N4.C10H10N2/c1-15-14-6-12-5-10(3-4-11(12)7-16-14)13-8-17-18(2)9-13;1-3-8-4-5-10-9(6-8)11-7-12(10)2/h3-9H,1-2H3,(H,15,16);3-7H,1H2,2H3. The Kier molecular flexibility index (Phi) is 5.30. The molecule has 0 aliphatic carbocycles. The van der Waals surface area contributed by atoms with E-state index in [1.54, 1.807) is 0 Å². The van der Waals surface area contributed by atoms with Gasteiger partial charge in [-0.15, -0.1) is 0 Å². The van der Waals surface area contributed by atoms with E-state index in [0.29, 0.717) is 0 Å². The number of hydrogen-bond donors (Lipinski definition) is 1. The smallest absolute Gasteiger partial charge is 0.126 e. The van der Waals surface area contributed by atoms with E-state index in [-0.39, 0.29) is 0 Å².